The molecular formula is C22H8AuF15S. The van der Waals surface area contributed by atoms with Gasteiger partial charge in [0.2, 0.25) is 0 Å². The molecule has 1 heterocycles. The van der Waals surface area contributed by atoms with Gasteiger partial charge >= 0.3 is 22.4 Å². The van der Waals surface area contributed by atoms with E-state index in [1.807, 2.05) is 0 Å². The van der Waals surface area contributed by atoms with Crippen molar-refractivity contribution in [2.75, 3.05) is 11.5 Å². The monoisotopic (exact) mass is 786 g/mol. The van der Waals surface area contributed by atoms with Crippen molar-refractivity contribution in [2.24, 2.45) is 0 Å². The quantitative estimate of drug-likeness (QED) is 0.0732. The molecule has 1 aliphatic heterocycles. The summed E-state index contributed by atoms with van der Waals surface area (Å²) in [5, 5.41) is 0. The number of hydrogen-bond donors (Lipinski definition) is 0. The van der Waals surface area contributed by atoms with Gasteiger partial charge in [0.25, 0.3) is 0 Å². The Kier molecular flexibility index (Phi) is 15.7. The van der Waals surface area contributed by atoms with Gasteiger partial charge in [-0.25, -0.2) is 39.5 Å². The van der Waals surface area contributed by atoms with Gasteiger partial charge < -0.3 is 0 Å². The molecule has 4 rings (SSSR count). The Bertz CT molecular complexity index is 1030. The van der Waals surface area contributed by atoms with Gasteiger partial charge in [-0.2, -0.15) is 11.8 Å². The van der Waals surface area contributed by atoms with Crippen molar-refractivity contribution in [2.45, 2.75) is 12.8 Å². The van der Waals surface area contributed by atoms with Gasteiger partial charge in [-0.3, -0.25) is 26.3 Å². The Morgan fingerprint density at radius 3 is 0.641 bits per heavy atom. The fraction of sp³-hybridized carbons (Fsp3) is 0.182. The Balaban J connectivity index is 0.000000504. The molecule has 0 N–H and O–H groups in total. The topological polar surface area (TPSA) is 0 Å². The Labute approximate surface area is 229 Å². The molecule has 0 amide bonds. The number of thioether (sulfide) groups is 1. The molecule has 3 aromatic rings. The number of halogens is 15. The molecule has 0 unspecified atom stereocenters. The molecule has 1 aliphatic rings. The van der Waals surface area contributed by atoms with E-state index in [9.17, 15) is 65.9 Å². The van der Waals surface area contributed by atoms with Gasteiger partial charge in [0.05, 0.1) is 87.3 Å². The summed E-state index contributed by atoms with van der Waals surface area (Å²) in [4.78, 5) is 0. The second-order valence-corrected chi connectivity index (χ2v) is 7.63. The van der Waals surface area contributed by atoms with Crippen LogP contribution in [0.4, 0.5) is 65.9 Å². The molecular weight excluding hydrogens is 778 g/mol. The smallest absolute Gasteiger partial charge is 0.278 e. The van der Waals surface area contributed by atoms with Gasteiger partial charge in [0.1, 0.15) is 0 Å². The van der Waals surface area contributed by atoms with Crippen molar-refractivity contribution in [1.29, 1.82) is 0 Å². The van der Waals surface area contributed by atoms with E-state index in [0.29, 0.717) is 0 Å². The van der Waals surface area contributed by atoms with E-state index in [4.69, 9.17) is 0 Å². The van der Waals surface area contributed by atoms with Crippen LogP contribution >= 0.6 is 11.8 Å². The SMILES string of the molecule is C1CCSC1.Fc1[c-]c(F)c(F)c(F)c1F.Fc1[c-]c(F)c(F)c(F)c1F.Fc1[c-]c(F)c(F)c(F)c1F.[Au+3]. The van der Waals surface area contributed by atoms with Gasteiger partial charge in [-0.1, -0.05) is 0 Å². The molecule has 218 valence electrons. The van der Waals surface area contributed by atoms with Gasteiger partial charge in [-0.05, 0) is 24.3 Å². The van der Waals surface area contributed by atoms with Crippen molar-refractivity contribution in [1.82, 2.24) is 0 Å². The molecule has 0 spiro atoms. The van der Waals surface area contributed by atoms with E-state index in [-0.39, 0.29) is 22.4 Å². The average molecular weight is 786 g/mol. The third-order valence-electron chi connectivity index (χ3n) is 3.80. The minimum absolute atomic E-state index is 0. The summed E-state index contributed by atoms with van der Waals surface area (Å²) in [6.45, 7) is 0. The van der Waals surface area contributed by atoms with E-state index in [1.165, 1.54) is 24.3 Å². The molecule has 3 aromatic carbocycles. The van der Waals surface area contributed by atoms with E-state index < -0.39 is 87.3 Å². The van der Waals surface area contributed by atoms with Crippen LogP contribution in [0, 0.1) is 105 Å². The number of hydrogen-bond acceptors (Lipinski definition) is 1. The summed E-state index contributed by atoms with van der Waals surface area (Å²) in [5.74, 6) is -27.3. The molecule has 0 atom stereocenters. The third kappa shape index (κ3) is 10.3. The summed E-state index contributed by atoms with van der Waals surface area (Å²) >= 11 is 2.07. The molecule has 1 fully saturated rings. The van der Waals surface area contributed by atoms with Gasteiger partial charge in [-0.15, -0.1) is 18.2 Å². The maximum atomic E-state index is 12.0. The Hall–Kier alpha value is -2.30. The van der Waals surface area contributed by atoms with Crippen molar-refractivity contribution < 1.29 is 88.2 Å². The fourth-order valence-corrected chi connectivity index (χ4v) is 3.02. The van der Waals surface area contributed by atoms with Crippen LogP contribution < -0.4 is 0 Å². The zero-order valence-electron chi connectivity index (χ0n) is 18.2. The molecule has 0 aromatic heterocycles. The molecule has 39 heavy (non-hydrogen) atoms. The predicted molar refractivity (Wildman–Crippen MR) is 102 cm³/mol. The van der Waals surface area contributed by atoms with Crippen LogP contribution in [0.2, 0.25) is 0 Å². The second-order valence-electron chi connectivity index (χ2n) is 6.40. The van der Waals surface area contributed by atoms with Crippen LogP contribution in [0.15, 0.2) is 0 Å². The largest absolute Gasteiger partial charge is 3.00 e. The first-order chi connectivity index (χ1) is 17.6. The molecule has 0 aliphatic carbocycles. The first kappa shape index (κ1) is 36.7. The summed E-state index contributed by atoms with van der Waals surface area (Å²) < 4.78 is 180. The molecule has 0 nitrogen and oxygen atoms in total. The van der Waals surface area contributed by atoms with Crippen LogP contribution in [-0.2, 0) is 22.4 Å². The van der Waals surface area contributed by atoms with Crippen molar-refractivity contribution in [3.8, 4) is 0 Å². The molecule has 1 saturated heterocycles. The summed E-state index contributed by atoms with van der Waals surface area (Å²) in [5.41, 5.74) is 0. The Morgan fingerprint density at radius 1 is 0.333 bits per heavy atom. The first-order valence-corrected chi connectivity index (χ1v) is 10.6. The maximum Gasteiger partial charge on any atom is 3.00 e. The van der Waals surface area contributed by atoms with E-state index in [2.05, 4.69) is 11.8 Å². The zero-order valence-corrected chi connectivity index (χ0v) is 21.2. The Morgan fingerprint density at radius 2 is 0.513 bits per heavy atom. The second kappa shape index (κ2) is 16.7. The van der Waals surface area contributed by atoms with Crippen LogP contribution in [0.1, 0.15) is 12.8 Å². The first-order valence-electron chi connectivity index (χ1n) is 9.41. The van der Waals surface area contributed by atoms with E-state index >= 15 is 0 Å². The van der Waals surface area contributed by atoms with Crippen LogP contribution in [-0.4, -0.2) is 11.5 Å². The molecule has 0 bridgehead atoms. The fourth-order valence-electron chi connectivity index (χ4n) is 2.00. The van der Waals surface area contributed by atoms with Crippen molar-refractivity contribution >= 4 is 11.8 Å². The molecule has 0 radical (unpaired) electrons. The summed E-state index contributed by atoms with van der Waals surface area (Å²) in [7, 11) is 0. The van der Waals surface area contributed by atoms with Crippen LogP contribution in [0.3, 0.4) is 0 Å². The average Bonchev–Trinajstić information content (AvgIpc) is 3.47. The normalized spacial score (nSPS) is 11.8. The standard InChI is InChI=1S/3C6F5.C4H8S.Au/c3*7-2-1-3(8)5(10)6(11)4(2)9;1-2-4-5-3-1;/h;;;1-4H2;/q3*-1;;+3. The van der Waals surface area contributed by atoms with Gasteiger partial charge in [0, 0.05) is 0 Å². The maximum absolute atomic E-state index is 12.0. The van der Waals surface area contributed by atoms with E-state index in [0.717, 1.165) is 18.2 Å². The third-order valence-corrected chi connectivity index (χ3v) is 4.95. The summed E-state index contributed by atoms with van der Waals surface area (Å²) in [6.07, 6.45) is 2.93. The zero-order chi connectivity index (χ0) is 29.3. The molecule has 0 saturated carbocycles. The number of rotatable bonds is 0. The molecule has 17 heteroatoms. The van der Waals surface area contributed by atoms with Crippen molar-refractivity contribution in [3.63, 3.8) is 0 Å². The van der Waals surface area contributed by atoms with Crippen LogP contribution in [0.5, 0.6) is 0 Å². The minimum atomic E-state index is -2.17. The number of benzene rings is 3. The minimum Gasteiger partial charge on any atom is -0.278 e. The van der Waals surface area contributed by atoms with Crippen LogP contribution in [0.25, 0.3) is 0 Å². The van der Waals surface area contributed by atoms with E-state index in [1.54, 1.807) is 0 Å². The van der Waals surface area contributed by atoms with Crippen molar-refractivity contribution in [3.05, 3.63) is 105 Å². The summed E-state index contributed by atoms with van der Waals surface area (Å²) in [6, 6.07) is 3.07. The van der Waals surface area contributed by atoms with Gasteiger partial charge in [0.15, 0.2) is 0 Å². The predicted octanol–water partition coefficient (Wildman–Crippen LogP) is 8.06.